The van der Waals surface area contributed by atoms with Crippen LogP contribution in [0.1, 0.15) is 15.2 Å². The van der Waals surface area contributed by atoms with E-state index in [-0.39, 0.29) is 20.7 Å². The summed E-state index contributed by atoms with van der Waals surface area (Å²) < 4.78 is 40.5. The van der Waals surface area contributed by atoms with Crippen molar-refractivity contribution < 1.29 is 28.2 Å². The van der Waals surface area contributed by atoms with Crippen LogP contribution in [0.25, 0.3) is 10.4 Å². The minimum Gasteiger partial charge on any atom is -0.505 e. The Bertz CT molecular complexity index is 1030. The molecule has 0 spiro atoms. The zero-order chi connectivity index (χ0) is 19.2. The summed E-state index contributed by atoms with van der Waals surface area (Å²) in [5.74, 6) is -7.62. The number of halogens is 5. The molecule has 0 aliphatic carbocycles. The maximum Gasteiger partial charge on any atom is 0.206 e. The van der Waals surface area contributed by atoms with Crippen molar-refractivity contribution in [3.63, 3.8) is 0 Å². The molecule has 0 saturated carbocycles. The van der Waals surface area contributed by atoms with Crippen LogP contribution in [0.4, 0.5) is 13.2 Å². The van der Waals surface area contributed by atoms with E-state index >= 15 is 0 Å². The molecular formula is C17H7Cl2F3O3S. The van der Waals surface area contributed by atoms with Crippen molar-refractivity contribution in [2.45, 2.75) is 0 Å². The maximum atomic E-state index is 13.9. The van der Waals surface area contributed by atoms with Crippen LogP contribution in [0, 0.1) is 17.5 Å². The van der Waals surface area contributed by atoms with Gasteiger partial charge in [-0.05, 0) is 35.9 Å². The Morgan fingerprint density at radius 3 is 2.15 bits per heavy atom. The Morgan fingerprint density at radius 2 is 1.54 bits per heavy atom. The number of carbonyl (C=O) groups is 1. The van der Waals surface area contributed by atoms with E-state index in [0.29, 0.717) is 16.5 Å². The molecule has 0 fully saturated rings. The first kappa shape index (κ1) is 18.6. The van der Waals surface area contributed by atoms with Crippen molar-refractivity contribution in [1.29, 1.82) is 0 Å². The van der Waals surface area contributed by atoms with E-state index in [0.717, 1.165) is 11.3 Å². The van der Waals surface area contributed by atoms with E-state index in [1.807, 2.05) is 0 Å². The predicted molar refractivity (Wildman–Crippen MR) is 92.9 cm³/mol. The number of aromatic hydroxyl groups is 2. The number of carbonyl (C=O) groups excluding carboxylic acids is 1. The third kappa shape index (κ3) is 3.13. The van der Waals surface area contributed by atoms with Crippen LogP contribution in [0.3, 0.4) is 0 Å². The molecule has 3 rings (SSSR count). The summed E-state index contributed by atoms with van der Waals surface area (Å²) in [4.78, 5) is 12.9. The van der Waals surface area contributed by atoms with Crippen molar-refractivity contribution in [3.05, 3.63) is 68.3 Å². The van der Waals surface area contributed by atoms with Crippen molar-refractivity contribution in [2.75, 3.05) is 0 Å². The van der Waals surface area contributed by atoms with E-state index in [1.165, 1.54) is 24.3 Å². The van der Waals surface area contributed by atoms with Gasteiger partial charge in [-0.15, -0.1) is 11.3 Å². The third-order valence-corrected chi connectivity index (χ3v) is 5.22. The van der Waals surface area contributed by atoms with Crippen LogP contribution in [0.15, 0.2) is 30.3 Å². The van der Waals surface area contributed by atoms with E-state index in [1.54, 1.807) is 0 Å². The highest BCUT2D eigenvalue weighted by Gasteiger charge is 2.24. The topological polar surface area (TPSA) is 57.5 Å². The number of thiophene rings is 1. The van der Waals surface area contributed by atoms with Gasteiger partial charge in [-0.1, -0.05) is 23.2 Å². The zero-order valence-corrected chi connectivity index (χ0v) is 14.8. The summed E-state index contributed by atoms with van der Waals surface area (Å²) in [5, 5.41) is 18.8. The van der Waals surface area contributed by atoms with Crippen LogP contribution in [-0.4, -0.2) is 16.0 Å². The van der Waals surface area contributed by atoms with Gasteiger partial charge in [0.1, 0.15) is 0 Å². The van der Waals surface area contributed by atoms with Gasteiger partial charge in [-0.3, -0.25) is 4.79 Å². The van der Waals surface area contributed by atoms with Crippen LogP contribution in [-0.2, 0) is 0 Å². The van der Waals surface area contributed by atoms with E-state index in [2.05, 4.69) is 0 Å². The average molecular weight is 419 g/mol. The minimum absolute atomic E-state index is 0.00495. The molecule has 0 radical (unpaired) electrons. The first-order valence-corrected chi connectivity index (χ1v) is 8.47. The van der Waals surface area contributed by atoms with Gasteiger partial charge in [0, 0.05) is 4.88 Å². The highest BCUT2D eigenvalue weighted by atomic mass is 35.5. The van der Waals surface area contributed by atoms with Gasteiger partial charge in [0.2, 0.25) is 11.6 Å². The lowest BCUT2D eigenvalue weighted by atomic mass is 10.1. The molecule has 134 valence electrons. The SMILES string of the molecule is O=C(c1ccc(-c2cc(Cl)c(O)c(Cl)c2)s1)c1cc(F)c(F)c(O)c1F. The summed E-state index contributed by atoms with van der Waals surface area (Å²) in [6, 6.07) is 6.11. The van der Waals surface area contributed by atoms with Gasteiger partial charge < -0.3 is 10.2 Å². The largest absolute Gasteiger partial charge is 0.505 e. The van der Waals surface area contributed by atoms with Gasteiger partial charge in [0.15, 0.2) is 23.1 Å². The lowest BCUT2D eigenvalue weighted by Gasteiger charge is -2.05. The molecule has 26 heavy (non-hydrogen) atoms. The fraction of sp³-hybridized carbons (Fsp3) is 0. The number of benzene rings is 2. The smallest absolute Gasteiger partial charge is 0.206 e. The number of ketones is 1. The Morgan fingerprint density at radius 1 is 0.923 bits per heavy atom. The molecule has 3 aromatic rings. The van der Waals surface area contributed by atoms with Crippen LogP contribution >= 0.6 is 34.5 Å². The molecule has 3 nitrogen and oxygen atoms in total. The number of phenols is 2. The number of hydrogen-bond acceptors (Lipinski definition) is 4. The quantitative estimate of drug-likeness (QED) is 0.418. The first-order chi connectivity index (χ1) is 12.2. The highest BCUT2D eigenvalue weighted by Crippen LogP contribution is 2.39. The molecule has 0 saturated heterocycles. The maximum absolute atomic E-state index is 13.9. The molecule has 0 atom stereocenters. The fourth-order valence-corrected chi connectivity index (χ4v) is 3.65. The van der Waals surface area contributed by atoms with E-state index < -0.39 is 34.5 Å². The van der Waals surface area contributed by atoms with Crippen molar-refractivity contribution in [2.24, 2.45) is 0 Å². The van der Waals surface area contributed by atoms with Gasteiger partial charge in [0.05, 0.1) is 20.5 Å². The van der Waals surface area contributed by atoms with Crippen molar-refractivity contribution in [3.8, 4) is 21.9 Å². The second-order valence-electron chi connectivity index (χ2n) is 5.16. The molecule has 0 bridgehead atoms. The normalized spacial score (nSPS) is 11.0. The zero-order valence-electron chi connectivity index (χ0n) is 12.5. The summed E-state index contributed by atoms with van der Waals surface area (Å²) in [7, 11) is 0. The standard InChI is InChI=1S/C17H7Cl2F3O3S/c18-8-3-6(4-9(19)16(8)24)11-1-2-12(26-11)15(23)7-5-10(20)14(22)17(25)13(7)21/h1-5,24-25H. The predicted octanol–water partition coefficient (Wildman–Crippen LogP) is 5.78. The lowest BCUT2D eigenvalue weighted by molar-refractivity contribution is 0.103. The number of hydrogen-bond donors (Lipinski definition) is 2. The molecule has 1 heterocycles. The summed E-state index contributed by atoms with van der Waals surface area (Å²) in [5.41, 5.74) is -0.299. The Kier molecular flexibility index (Phi) is 4.88. The van der Waals surface area contributed by atoms with E-state index in [4.69, 9.17) is 23.2 Å². The molecule has 0 aliphatic rings. The Hall–Kier alpha value is -2.22. The minimum atomic E-state index is -1.76. The molecule has 1 aromatic heterocycles. The van der Waals surface area contributed by atoms with Gasteiger partial charge in [-0.2, -0.15) is 4.39 Å². The Balaban J connectivity index is 2.02. The van der Waals surface area contributed by atoms with Gasteiger partial charge in [0.25, 0.3) is 0 Å². The van der Waals surface area contributed by atoms with Gasteiger partial charge in [-0.25, -0.2) is 8.78 Å². The average Bonchev–Trinajstić information content (AvgIpc) is 3.10. The van der Waals surface area contributed by atoms with Crippen molar-refractivity contribution in [1.82, 2.24) is 0 Å². The van der Waals surface area contributed by atoms with Crippen molar-refractivity contribution >= 4 is 40.3 Å². The van der Waals surface area contributed by atoms with E-state index in [9.17, 15) is 28.2 Å². The molecule has 9 heteroatoms. The van der Waals surface area contributed by atoms with Crippen LogP contribution in [0.5, 0.6) is 11.5 Å². The molecule has 2 N–H and O–H groups in total. The first-order valence-electron chi connectivity index (χ1n) is 6.90. The third-order valence-electron chi connectivity index (χ3n) is 3.51. The molecule has 2 aromatic carbocycles. The number of phenolic OH excluding ortho intramolecular Hbond substituents is 2. The fourth-order valence-electron chi connectivity index (χ4n) is 2.21. The van der Waals surface area contributed by atoms with Crippen LogP contribution < -0.4 is 0 Å². The molecule has 0 amide bonds. The lowest BCUT2D eigenvalue weighted by Crippen LogP contribution is -2.05. The molecule has 0 unspecified atom stereocenters. The second-order valence-corrected chi connectivity index (χ2v) is 7.06. The highest BCUT2D eigenvalue weighted by molar-refractivity contribution is 7.17. The second kappa shape index (κ2) is 6.83. The summed E-state index contributed by atoms with van der Waals surface area (Å²) >= 11 is 12.6. The number of rotatable bonds is 3. The van der Waals surface area contributed by atoms with Crippen LogP contribution in [0.2, 0.25) is 10.0 Å². The Labute approximate surface area is 158 Å². The monoisotopic (exact) mass is 418 g/mol. The van der Waals surface area contributed by atoms with Gasteiger partial charge >= 0.3 is 0 Å². The molecule has 0 aliphatic heterocycles. The summed E-state index contributed by atoms with van der Waals surface area (Å²) in [6.07, 6.45) is 0. The molecular weight excluding hydrogens is 412 g/mol. The summed E-state index contributed by atoms with van der Waals surface area (Å²) in [6.45, 7) is 0.